The SMILES string of the molecule is CC(C)(NC(=O)[C@@H]1[C@@H]2CNC[C@@H]21)c1ncc2c(SC3CCC3)cccn12. The average Bonchev–Trinajstić information content (AvgIpc) is 2.93. The molecule has 6 heteroatoms. The number of hydrogen-bond acceptors (Lipinski definition) is 4. The molecule has 3 fully saturated rings. The van der Waals surface area contributed by atoms with Gasteiger partial charge in [-0.05, 0) is 63.7 Å². The van der Waals surface area contributed by atoms with E-state index in [0.29, 0.717) is 11.8 Å². The molecule has 2 N–H and O–H groups in total. The molecule has 2 aromatic heterocycles. The summed E-state index contributed by atoms with van der Waals surface area (Å²) < 4.78 is 2.15. The molecule has 138 valence electrons. The predicted octanol–water partition coefficient (Wildman–Crippen LogP) is 2.80. The number of amides is 1. The topological polar surface area (TPSA) is 58.4 Å². The summed E-state index contributed by atoms with van der Waals surface area (Å²) in [5.41, 5.74) is 0.655. The first-order chi connectivity index (χ1) is 12.5. The fourth-order valence-electron chi connectivity index (χ4n) is 4.48. The van der Waals surface area contributed by atoms with Crippen LogP contribution in [0.25, 0.3) is 5.52 Å². The second-order valence-electron chi connectivity index (χ2n) is 8.51. The van der Waals surface area contributed by atoms with Crippen LogP contribution in [0.15, 0.2) is 29.4 Å². The van der Waals surface area contributed by atoms with Crippen LogP contribution in [0.4, 0.5) is 0 Å². The van der Waals surface area contributed by atoms with Crippen LogP contribution >= 0.6 is 11.8 Å². The molecule has 0 spiro atoms. The van der Waals surface area contributed by atoms with Crippen LogP contribution in [-0.4, -0.2) is 33.6 Å². The Kier molecular flexibility index (Phi) is 3.83. The normalized spacial score (nSPS) is 28.0. The molecule has 26 heavy (non-hydrogen) atoms. The highest BCUT2D eigenvalue weighted by atomic mass is 32.2. The number of aromatic nitrogens is 2. The summed E-state index contributed by atoms with van der Waals surface area (Å²) in [6, 6.07) is 4.28. The van der Waals surface area contributed by atoms with Crippen molar-refractivity contribution < 1.29 is 4.79 Å². The smallest absolute Gasteiger partial charge is 0.224 e. The third-order valence-corrected chi connectivity index (χ3v) is 7.67. The third kappa shape index (κ3) is 2.65. The Morgan fingerprint density at radius 1 is 1.35 bits per heavy atom. The van der Waals surface area contributed by atoms with Gasteiger partial charge in [0.15, 0.2) is 0 Å². The maximum absolute atomic E-state index is 12.7. The van der Waals surface area contributed by atoms with Crippen LogP contribution in [0.3, 0.4) is 0 Å². The van der Waals surface area contributed by atoms with Crippen LogP contribution in [0.1, 0.15) is 38.9 Å². The number of hydrogen-bond donors (Lipinski definition) is 2. The average molecular weight is 371 g/mol. The minimum Gasteiger partial charge on any atom is -0.344 e. The lowest BCUT2D eigenvalue weighted by atomic mass is 10.0. The van der Waals surface area contributed by atoms with Gasteiger partial charge in [-0.2, -0.15) is 0 Å². The molecule has 3 atom stereocenters. The number of piperidine rings is 1. The van der Waals surface area contributed by atoms with Gasteiger partial charge in [-0.25, -0.2) is 4.98 Å². The second-order valence-corrected chi connectivity index (χ2v) is 9.85. The molecule has 0 unspecified atom stereocenters. The van der Waals surface area contributed by atoms with E-state index in [1.54, 1.807) is 0 Å². The number of imidazole rings is 1. The molecule has 0 radical (unpaired) electrons. The van der Waals surface area contributed by atoms with Crippen molar-refractivity contribution in [2.45, 2.75) is 48.8 Å². The highest BCUT2D eigenvalue weighted by molar-refractivity contribution is 8.00. The fourth-order valence-corrected chi connectivity index (χ4v) is 5.84. The van der Waals surface area contributed by atoms with Crippen LogP contribution in [0.5, 0.6) is 0 Å². The molecular formula is C20H26N4OS. The van der Waals surface area contributed by atoms with Gasteiger partial charge >= 0.3 is 0 Å². The maximum Gasteiger partial charge on any atom is 0.224 e. The molecule has 0 aromatic carbocycles. The zero-order valence-electron chi connectivity index (χ0n) is 15.4. The van der Waals surface area contributed by atoms with E-state index in [0.717, 1.165) is 29.7 Å². The number of thioether (sulfide) groups is 1. The van der Waals surface area contributed by atoms with E-state index in [1.807, 2.05) is 18.0 Å². The first-order valence-electron chi connectivity index (χ1n) is 9.70. The van der Waals surface area contributed by atoms with Gasteiger partial charge in [-0.3, -0.25) is 4.79 Å². The third-order valence-electron chi connectivity index (χ3n) is 6.27. The lowest BCUT2D eigenvalue weighted by Gasteiger charge is -2.26. The van der Waals surface area contributed by atoms with Crippen molar-refractivity contribution in [3.05, 3.63) is 30.4 Å². The quantitative estimate of drug-likeness (QED) is 0.850. The Hall–Kier alpha value is -1.53. The first-order valence-corrected chi connectivity index (χ1v) is 10.6. The van der Waals surface area contributed by atoms with Crippen LogP contribution in [-0.2, 0) is 10.3 Å². The largest absolute Gasteiger partial charge is 0.344 e. The van der Waals surface area contributed by atoms with Crippen molar-refractivity contribution in [3.63, 3.8) is 0 Å². The molecule has 0 bridgehead atoms. The van der Waals surface area contributed by atoms with Crippen molar-refractivity contribution in [2.24, 2.45) is 17.8 Å². The number of carbonyl (C=O) groups excluding carboxylic acids is 1. The Morgan fingerprint density at radius 3 is 2.81 bits per heavy atom. The van der Waals surface area contributed by atoms with Crippen LogP contribution in [0.2, 0.25) is 0 Å². The monoisotopic (exact) mass is 370 g/mol. The van der Waals surface area contributed by atoms with Crippen molar-refractivity contribution in [1.29, 1.82) is 0 Å². The van der Waals surface area contributed by atoms with E-state index >= 15 is 0 Å². The number of nitrogens with zero attached hydrogens (tertiary/aromatic N) is 2. The Labute approximate surface area is 158 Å². The molecule has 1 amide bonds. The van der Waals surface area contributed by atoms with Gasteiger partial charge in [0.2, 0.25) is 5.91 Å². The Balaban J connectivity index is 1.38. The summed E-state index contributed by atoms with van der Waals surface area (Å²) in [6.07, 6.45) is 7.99. The lowest BCUT2D eigenvalue weighted by molar-refractivity contribution is -0.124. The molecule has 2 saturated carbocycles. The maximum atomic E-state index is 12.7. The van der Waals surface area contributed by atoms with Gasteiger partial charge in [0, 0.05) is 22.3 Å². The van der Waals surface area contributed by atoms with Gasteiger partial charge in [0.25, 0.3) is 0 Å². The Morgan fingerprint density at radius 2 is 2.12 bits per heavy atom. The second kappa shape index (κ2) is 5.99. The summed E-state index contributed by atoms with van der Waals surface area (Å²) in [5.74, 6) is 2.34. The van der Waals surface area contributed by atoms with E-state index in [4.69, 9.17) is 4.98 Å². The predicted molar refractivity (Wildman–Crippen MR) is 103 cm³/mol. The Bertz CT molecular complexity index is 847. The lowest BCUT2D eigenvalue weighted by Crippen LogP contribution is -2.44. The molecule has 3 aliphatic rings. The van der Waals surface area contributed by atoms with Gasteiger partial charge in [-0.1, -0.05) is 6.42 Å². The van der Waals surface area contributed by atoms with Gasteiger partial charge in [0.05, 0.1) is 17.3 Å². The minimum atomic E-state index is -0.492. The zero-order valence-corrected chi connectivity index (χ0v) is 16.2. The summed E-state index contributed by atoms with van der Waals surface area (Å²) >= 11 is 1.97. The highest BCUT2D eigenvalue weighted by Crippen LogP contribution is 2.49. The first kappa shape index (κ1) is 16.6. The van der Waals surface area contributed by atoms with E-state index < -0.39 is 5.54 Å². The van der Waals surface area contributed by atoms with Crippen molar-refractivity contribution >= 4 is 23.2 Å². The van der Waals surface area contributed by atoms with E-state index in [2.05, 4.69) is 47.2 Å². The molecule has 1 aliphatic heterocycles. The van der Waals surface area contributed by atoms with E-state index in [9.17, 15) is 4.79 Å². The van der Waals surface area contributed by atoms with Gasteiger partial charge in [0.1, 0.15) is 5.82 Å². The summed E-state index contributed by atoms with van der Waals surface area (Å²) in [7, 11) is 0. The summed E-state index contributed by atoms with van der Waals surface area (Å²) in [4.78, 5) is 18.7. The number of pyridine rings is 1. The summed E-state index contributed by atoms with van der Waals surface area (Å²) in [6.45, 7) is 6.08. The van der Waals surface area contributed by atoms with E-state index in [-0.39, 0.29) is 11.8 Å². The van der Waals surface area contributed by atoms with Crippen molar-refractivity contribution in [1.82, 2.24) is 20.0 Å². The number of rotatable bonds is 5. The van der Waals surface area contributed by atoms with Crippen molar-refractivity contribution in [2.75, 3.05) is 13.1 Å². The van der Waals surface area contributed by atoms with Crippen molar-refractivity contribution in [3.8, 4) is 0 Å². The number of nitrogens with one attached hydrogen (secondary N) is 2. The minimum absolute atomic E-state index is 0.184. The standard InChI is InChI=1S/C20H26N4OS/c1-20(2,23-18(25)17-13-9-21-10-14(13)17)19-22-11-15-16(7-4-8-24(15)19)26-12-5-3-6-12/h4,7-8,11-14,17,21H,3,5-6,9-10H2,1-2H3,(H,23,25)/t13-,14+,17-. The molecule has 5 rings (SSSR count). The van der Waals surface area contributed by atoms with Crippen LogP contribution in [0, 0.1) is 17.8 Å². The van der Waals surface area contributed by atoms with Gasteiger partial charge < -0.3 is 15.0 Å². The number of carbonyl (C=O) groups is 1. The molecule has 3 heterocycles. The van der Waals surface area contributed by atoms with Crippen LogP contribution < -0.4 is 10.6 Å². The molecule has 2 aromatic rings. The molecular weight excluding hydrogens is 344 g/mol. The zero-order chi connectivity index (χ0) is 17.9. The molecule has 2 aliphatic carbocycles. The molecule has 1 saturated heterocycles. The summed E-state index contributed by atoms with van der Waals surface area (Å²) in [5, 5.41) is 7.37. The van der Waals surface area contributed by atoms with Gasteiger partial charge in [-0.15, -0.1) is 11.8 Å². The number of fused-ring (bicyclic) bond motifs is 2. The highest BCUT2D eigenvalue weighted by Gasteiger charge is 2.57. The molecule has 5 nitrogen and oxygen atoms in total. The fraction of sp³-hybridized carbons (Fsp3) is 0.600. The van der Waals surface area contributed by atoms with E-state index in [1.165, 1.54) is 24.2 Å².